The van der Waals surface area contributed by atoms with E-state index in [9.17, 15) is 9.59 Å². The SMILES string of the molecule is Cc1ccc(Cn2c(SCC(=O)N[C@@H](C)C(C)C)nc3ccccc3c2=O)cc1. The Morgan fingerprint density at radius 1 is 1.10 bits per heavy atom. The monoisotopic (exact) mass is 409 g/mol. The lowest BCUT2D eigenvalue weighted by Crippen LogP contribution is -2.37. The topological polar surface area (TPSA) is 64.0 Å². The third-order valence-corrected chi connectivity index (χ3v) is 5.99. The first-order valence-corrected chi connectivity index (χ1v) is 10.8. The van der Waals surface area contributed by atoms with Crippen LogP contribution in [-0.4, -0.2) is 27.3 Å². The Balaban J connectivity index is 1.90. The first kappa shape index (κ1) is 21.1. The van der Waals surface area contributed by atoms with Crippen LogP contribution in [0.4, 0.5) is 0 Å². The minimum absolute atomic E-state index is 0.0551. The van der Waals surface area contributed by atoms with Crippen LogP contribution in [0.1, 0.15) is 31.9 Å². The minimum atomic E-state index is -0.0883. The number of fused-ring (bicyclic) bond motifs is 1. The Morgan fingerprint density at radius 3 is 2.48 bits per heavy atom. The predicted molar refractivity (Wildman–Crippen MR) is 119 cm³/mol. The van der Waals surface area contributed by atoms with E-state index in [4.69, 9.17) is 0 Å². The summed E-state index contributed by atoms with van der Waals surface area (Å²) in [6.45, 7) is 8.59. The number of benzene rings is 2. The largest absolute Gasteiger partial charge is 0.353 e. The fourth-order valence-electron chi connectivity index (χ4n) is 2.87. The zero-order valence-electron chi connectivity index (χ0n) is 17.3. The highest BCUT2D eigenvalue weighted by molar-refractivity contribution is 7.99. The van der Waals surface area contributed by atoms with Gasteiger partial charge in [-0.25, -0.2) is 4.98 Å². The van der Waals surface area contributed by atoms with Crippen molar-refractivity contribution in [1.29, 1.82) is 0 Å². The maximum Gasteiger partial charge on any atom is 0.262 e. The van der Waals surface area contributed by atoms with E-state index in [2.05, 4.69) is 24.1 Å². The van der Waals surface area contributed by atoms with Gasteiger partial charge in [-0.3, -0.25) is 14.2 Å². The van der Waals surface area contributed by atoms with Gasteiger partial charge in [0.25, 0.3) is 5.56 Å². The van der Waals surface area contributed by atoms with E-state index in [-0.39, 0.29) is 23.3 Å². The quantitative estimate of drug-likeness (QED) is 0.473. The Labute approximate surface area is 175 Å². The summed E-state index contributed by atoms with van der Waals surface area (Å²) in [6, 6.07) is 15.5. The fraction of sp³-hybridized carbons (Fsp3) is 0.348. The molecule has 0 aliphatic heterocycles. The zero-order valence-corrected chi connectivity index (χ0v) is 18.1. The van der Waals surface area contributed by atoms with E-state index in [0.717, 1.165) is 5.56 Å². The summed E-state index contributed by atoms with van der Waals surface area (Å²) >= 11 is 1.30. The van der Waals surface area contributed by atoms with Crippen molar-refractivity contribution in [3.05, 3.63) is 70.0 Å². The third kappa shape index (κ3) is 5.26. The number of amides is 1. The van der Waals surface area contributed by atoms with Crippen molar-refractivity contribution in [3.8, 4) is 0 Å². The smallest absolute Gasteiger partial charge is 0.262 e. The lowest BCUT2D eigenvalue weighted by atomic mass is 10.1. The summed E-state index contributed by atoms with van der Waals surface area (Å²) in [5.74, 6) is 0.526. The lowest BCUT2D eigenvalue weighted by molar-refractivity contribution is -0.119. The van der Waals surface area contributed by atoms with E-state index in [1.807, 2.05) is 56.3 Å². The van der Waals surface area contributed by atoms with Crippen LogP contribution < -0.4 is 10.9 Å². The van der Waals surface area contributed by atoms with Crippen molar-refractivity contribution in [3.63, 3.8) is 0 Å². The summed E-state index contributed by atoms with van der Waals surface area (Å²) < 4.78 is 1.66. The van der Waals surface area contributed by atoms with Crippen molar-refractivity contribution < 1.29 is 4.79 Å². The summed E-state index contributed by atoms with van der Waals surface area (Å²) in [7, 11) is 0. The summed E-state index contributed by atoms with van der Waals surface area (Å²) in [5.41, 5.74) is 2.75. The number of thioether (sulfide) groups is 1. The van der Waals surface area contributed by atoms with Gasteiger partial charge in [-0.1, -0.05) is 67.6 Å². The predicted octanol–water partition coefficient (Wildman–Crippen LogP) is 4.01. The summed E-state index contributed by atoms with van der Waals surface area (Å²) in [6.07, 6.45) is 0. The molecule has 6 heteroatoms. The molecule has 1 aromatic heterocycles. The molecule has 3 rings (SSSR count). The van der Waals surface area contributed by atoms with E-state index in [0.29, 0.717) is 28.5 Å². The maximum absolute atomic E-state index is 13.1. The highest BCUT2D eigenvalue weighted by Crippen LogP contribution is 2.19. The highest BCUT2D eigenvalue weighted by atomic mass is 32.2. The molecule has 1 atom stereocenters. The van der Waals surface area contributed by atoms with Crippen LogP contribution in [0.3, 0.4) is 0 Å². The van der Waals surface area contributed by atoms with Crippen LogP contribution in [0.2, 0.25) is 0 Å². The normalized spacial score (nSPS) is 12.3. The summed E-state index contributed by atoms with van der Waals surface area (Å²) in [4.78, 5) is 30.2. The molecule has 5 nitrogen and oxygen atoms in total. The molecule has 0 radical (unpaired) electrons. The Kier molecular flexibility index (Phi) is 6.75. The molecular weight excluding hydrogens is 382 g/mol. The number of hydrogen-bond donors (Lipinski definition) is 1. The molecule has 29 heavy (non-hydrogen) atoms. The zero-order chi connectivity index (χ0) is 21.0. The molecule has 0 aliphatic rings. The molecule has 2 aromatic carbocycles. The molecule has 3 aromatic rings. The molecule has 0 aliphatic carbocycles. The van der Waals surface area contributed by atoms with Crippen molar-refractivity contribution >= 4 is 28.6 Å². The van der Waals surface area contributed by atoms with E-state index >= 15 is 0 Å². The van der Waals surface area contributed by atoms with Gasteiger partial charge in [0, 0.05) is 6.04 Å². The van der Waals surface area contributed by atoms with E-state index in [1.54, 1.807) is 10.6 Å². The molecule has 0 bridgehead atoms. The lowest BCUT2D eigenvalue weighted by Gasteiger charge is -2.18. The number of nitrogens with zero attached hydrogens (tertiary/aromatic N) is 2. The van der Waals surface area contributed by atoms with E-state index < -0.39 is 0 Å². The van der Waals surface area contributed by atoms with E-state index in [1.165, 1.54) is 17.3 Å². The Hall–Kier alpha value is -2.60. The maximum atomic E-state index is 13.1. The van der Waals surface area contributed by atoms with Crippen molar-refractivity contribution in [2.75, 3.05) is 5.75 Å². The molecule has 1 N–H and O–H groups in total. The minimum Gasteiger partial charge on any atom is -0.353 e. The van der Waals surface area contributed by atoms with Crippen LogP contribution in [0, 0.1) is 12.8 Å². The number of para-hydroxylation sites is 1. The number of carbonyl (C=O) groups excluding carboxylic acids is 1. The number of aryl methyl sites for hydroxylation is 1. The van der Waals surface area contributed by atoms with Crippen LogP contribution >= 0.6 is 11.8 Å². The fourth-order valence-corrected chi connectivity index (χ4v) is 3.68. The highest BCUT2D eigenvalue weighted by Gasteiger charge is 2.15. The number of carbonyl (C=O) groups is 1. The molecule has 152 valence electrons. The van der Waals surface area contributed by atoms with Gasteiger partial charge in [-0.05, 0) is 37.5 Å². The van der Waals surface area contributed by atoms with Gasteiger partial charge in [0.15, 0.2) is 5.16 Å². The van der Waals surface area contributed by atoms with Crippen LogP contribution in [0.25, 0.3) is 10.9 Å². The van der Waals surface area contributed by atoms with Crippen LogP contribution in [0.15, 0.2) is 58.5 Å². The second kappa shape index (κ2) is 9.27. The van der Waals surface area contributed by atoms with Gasteiger partial charge in [0.05, 0.1) is 23.2 Å². The van der Waals surface area contributed by atoms with Gasteiger partial charge in [0.1, 0.15) is 0 Å². The van der Waals surface area contributed by atoms with Gasteiger partial charge >= 0.3 is 0 Å². The molecule has 1 heterocycles. The third-order valence-electron chi connectivity index (χ3n) is 5.01. The molecular formula is C23H27N3O2S. The molecule has 0 unspecified atom stereocenters. The van der Waals surface area contributed by atoms with Crippen LogP contribution in [-0.2, 0) is 11.3 Å². The second-order valence-corrected chi connectivity index (χ2v) is 8.62. The first-order chi connectivity index (χ1) is 13.8. The second-order valence-electron chi connectivity index (χ2n) is 7.68. The Morgan fingerprint density at radius 2 is 1.79 bits per heavy atom. The van der Waals surface area contributed by atoms with Crippen LogP contribution in [0.5, 0.6) is 0 Å². The van der Waals surface area contributed by atoms with Gasteiger partial charge < -0.3 is 5.32 Å². The van der Waals surface area contributed by atoms with Gasteiger partial charge in [-0.15, -0.1) is 0 Å². The average Bonchev–Trinajstić information content (AvgIpc) is 2.70. The number of hydrogen-bond acceptors (Lipinski definition) is 4. The molecule has 0 saturated heterocycles. The first-order valence-electron chi connectivity index (χ1n) is 9.82. The molecule has 0 saturated carbocycles. The number of rotatable bonds is 7. The van der Waals surface area contributed by atoms with Gasteiger partial charge in [0.2, 0.25) is 5.91 Å². The number of aromatic nitrogens is 2. The van der Waals surface area contributed by atoms with Crippen molar-refractivity contribution in [2.45, 2.75) is 45.4 Å². The average molecular weight is 410 g/mol. The standard InChI is InChI=1S/C23H27N3O2S/c1-15(2)17(4)24-21(27)14-29-23-25-20-8-6-5-7-19(20)22(28)26(23)13-18-11-9-16(3)10-12-18/h5-12,15,17H,13-14H2,1-4H3,(H,24,27)/t17-/m0/s1. The van der Waals surface area contributed by atoms with Gasteiger partial charge in [-0.2, -0.15) is 0 Å². The Bertz CT molecular complexity index is 1060. The van der Waals surface area contributed by atoms with Crippen molar-refractivity contribution in [2.24, 2.45) is 5.92 Å². The molecule has 0 fully saturated rings. The number of nitrogens with one attached hydrogen (secondary N) is 1. The van der Waals surface area contributed by atoms with Crippen molar-refractivity contribution in [1.82, 2.24) is 14.9 Å². The molecule has 0 spiro atoms. The molecule has 1 amide bonds. The summed E-state index contributed by atoms with van der Waals surface area (Å²) in [5, 5.41) is 4.14.